The summed E-state index contributed by atoms with van der Waals surface area (Å²) in [4.78, 5) is 45.8. The van der Waals surface area contributed by atoms with Gasteiger partial charge >= 0.3 is 23.9 Å². The van der Waals surface area contributed by atoms with E-state index in [2.05, 4.69) is 4.74 Å². The number of carboxylic acid groups (broad SMARTS) is 3. The zero-order chi connectivity index (χ0) is 18.7. The fourth-order valence-electron chi connectivity index (χ4n) is 2.38. The normalized spacial score (nSPS) is 10.1. The maximum atomic E-state index is 11.8. The van der Waals surface area contributed by atoms with E-state index >= 15 is 0 Å². The van der Waals surface area contributed by atoms with E-state index in [1.54, 1.807) is 0 Å². The van der Waals surface area contributed by atoms with Crippen LogP contribution in [0.3, 0.4) is 0 Å². The van der Waals surface area contributed by atoms with Gasteiger partial charge < -0.3 is 20.1 Å². The molecule has 128 valence electrons. The average Bonchev–Trinajstić information content (AvgIpc) is 2.59. The lowest BCUT2D eigenvalue weighted by Crippen LogP contribution is -2.12. The van der Waals surface area contributed by atoms with E-state index in [-0.39, 0.29) is 22.3 Å². The van der Waals surface area contributed by atoms with Gasteiger partial charge in [-0.25, -0.2) is 19.2 Å². The van der Waals surface area contributed by atoms with E-state index in [0.29, 0.717) is 0 Å². The summed E-state index contributed by atoms with van der Waals surface area (Å²) >= 11 is 0. The first-order valence-electron chi connectivity index (χ1n) is 6.83. The molecule has 0 radical (unpaired) electrons. The molecular formula is C17H12O8. The Labute approximate surface area is 140 Å². The third-order valence-corrected chi connectivity index (χ3v) is 3.48. The van der Waals surface area contributed by atoms with Crippen molar-refractivity contribution in [1.29, 1.82) is 0 Å². The average molecular weight is 344 g/mol. The second kappa shape index (κ2) is 6.83. The van der Waals surface area contributed by atoms with Gasteiger partial charge in [0.2, 0.25) is 0 Å². The van der Waals surface area contributed by atoms with Crippen LogP contribution in [0, 0.1) is 0 Å². The van der Waals surface area contributed by atoms with Gasteiger partial charge in [0.25, 0.3) is 0 Å². The Kier molecular flexibility index (Phi) is 4.83. The monoisotopic (exact) mass is 344 g/mol. The highest BCUT2D eigenvalue weighted by Crippen LogP contribution is 2.29. The lowest BCUT2D eigenvalue weighted by atomic mass is 9.93. The summed E-state index contributed by atoms with van der Waals surface area (Å²) < 4.78 is 4.54. The molecule has 0 unspecified atom stereocenters. The van der Waals surface area contributed by atoms with Gasteiger partial charge in [-0.1, -0.05) is 18.2 Å². The third-order valence-electron chi connectivity index (χ3n) is 3.48. The van der Waals surface area contributed by atoms with Gasteiger partial charge in [0.05, 0.1) is 29.4 Å². The molecule has 0 aliphatic heterocycles. The van der Waals surface area contributed by atoms with Gasteiger partial charge in [0, 0.05) is 0 Å². The Hall–Kier alpha value is -3.68. The van der Waals surface area contributed by atoms with E-state index in [9.17, 15) is 24.3 Å². The van der Waals surface area contributed by atoms with Gasteiger partial charge in [0.1, 0.15) is 0 Å². The first-order valence-corrected chi connectivity index (χ1v) is 6.83. The number of methoxy groups -OCH3 is 1. The number of ether oxygens (including phenoxy) is 1. The van der Waals surface area contributed by atoms with Crippen LogP contribution < -0.4 is 0 Å². The number of hydrogen-bond acceptors (Lipinski definition) is 5. The summed E-state index contributed by atoms with van der Waals surface area (Å²) in [5.41, 5.74) is -1.27. The number of carbonyl (C=O) groups excluding carboxylic acids is 1. The molecule has 0 saturated carbocycles. The van der Waals surface area contributed by atoms with Gasteiger partial charge in [0.15, 0.2) is 0 Å². The lowest BCUT2D eigenvalue weighted by Gasteiger charge is -2.11. The Bertz CT molecular complexity index is 898. The van der Waals surface area contributed by atoms with Gasteiger partial charge in [-0.05, 0) is 29.3 Å². The molecule has 0 bridgehead atoms. The molecule has 0 atom stereocenters. The Morgan fingerprint density at radius 3 is 1.96 bits per heavy atom. The standard InChI is InChI=1S/C17H12O8/c1-25-17(24)12-7-8(5-6-10(12)14(18)19)9-3-2-4-11(15(20)21)13(9)16(22)23/h2-7H,1H3,(H,18,19)(H,20,21)(H,22,23). The first kappa shape index (κ1) is 17.7. The molecule has 0 amide bonds. The van der Waals surface area contributed by atoms with Crippen molar-refractivity contribution in [3.8, 4) is 11.1 Å². The molecule has 25 heavy (non-hydrogen) atoms. The molecule has 0 saturated heterocycles. The van der Waals surface area contributed by atoms with Gasteiger partial charge in [-0.15, -0.1) is 0 Å². The van der Waals surface area contributed by atoms with Crippen molar-refractivity contribution in [2.45, 2.75) is 0 Å². The van der Waals surface area contributed by atoms with Crippen molar-refractivity contribution in [2.24, 2.45) is 0 Å². The summed E-state index contributed by atoms with van der Waals surface area (Å²) in [5.74, 6) is -5.15. The van der Waals surface area contributed by atoms with Crippen LogP contribution in [-0.4, -0.2) is 46.3 Å². The lowest BCUT2D eigenvalue weighted by molar-refractivity contribution is 0.0582. The van der Waals surface area contributed by atoms with E-state index in [1.165, 1.54) is 18.2 Å². The van der Waals surface area contributed by atoms with Gasteiger partial charge in [-0.2, -0.15) is 0 Å². The summed E-state index contributed by atoms with van der Waals surface area (Å²) in [7, 11) is 1.08. The van der Waals surface area contributed by atoms with Crippen LogP contribution in [0.1, 0.15) is 41.4 Å². The first-order chi connectivity index (χ1) is 11.8. The molecular weight excluding hydrogens is 332 g/mol. The molecule has 8 nitrogen and oxygen atoms in total. The summed E-state index contributed by atoms with van der Waals surface area (Å²) in [6, 6.07) is 7.44. The van der Waals surface area contributed by atoms with E-state index < -0.39 is 35.0 Å². The maximum absolute atomic E-state index is 11.8. The van der Waals surface area contributed by atoms with Crippen LogP contribution in [0.4, 0.5) is 0 Å². The molecule has 2 aromatic rings. The van der Waals surface area contributed by atoms with Crippen molar-refractivity contribution < 1.29 is 39.2 Å². The minimum absolute atomic E-state index is 0.0366. The highest BCUT2D eigenvalue weighted by Gasteiger charge is 2.23. The number of aromatic carboxylic acids is 3. The largest absolute Gasteiger partial charge is 0.478 e. The maximum Gasteiger partial charge on any atom is 0.338 e. The molecule has 2 aromatic carbocycles. The number of carboxylic acids is 3. The second-order valence-electron chi connectivity index (χ2n) is 4.90. The van der Waals surface area contributed by atoms with E-state index in [1.807, 2.05) is 0 Å². The smallest absolute Gasteiger partial charge is 0.338 e. The Balaban J connectivity index is 2.77. The highest BCUT2D eigenvalue weighted by atomic mass is 16.5. The van der Waals surface area contributed by atoms with E-state index in [4.69, 9.17) is 10.2 Å². The second-order valence-corrected chi connectivity index (χ2v) is 4.90. The number of benzene rings is 2. The van der Waals surface area contributed by atoms with Gasteiger partial charge in [-0.3, -0.25) is 0 Å². The van der Waals surface area contributed by atoms with Crippen LogP contribution in [0.15, 0.2) is 36.4 Å². The molecule has 2 rings (SSSR count). The summed E-state index contributed by atoms with van der Waals surface area (Å²) in [6.45, 7) is 0. The van der Waals surface area contributed by atoms with Crippen LogP contribution in [0.5, 0.6) is 0 Å². The van der Waals surface area contributed by atoms with E-state index in [0.717, 1.165) is 25.3 Å². The summed E-state index contributed by atoms with van der Waals surface area (Å²) in [6.07, 6.45) is 0. The molecule has 0 heterocycles. The predicted molar refractivity (Wildman–Crippen MR) is 84.1 cm³/mol. The molecule has 0 spiro atoms. The van der Waals surface area contributed by atoms with Crippen molar-refractivity contribution in [3.63, 3.8) is 0 Å². The van der Waals surface area contributed by atoms with Crippen LogP contribution >= 0.6 is 0 Å². The molecule has 3 N–H and O–H groups in total. The number of esters is 1. The minimum atomic E-state index is -1.46. The minimum Gasteiger partial charge on any atom is -0.478 e. The Morgan fingerprint density at radius 2 is 1.44 bits per heavy atom. The molecule has 0 aromatic heterocycles. The van der Waals surface area contributed by atoms with Crippen molar-refractivity contribution >= 4 is 23.9 Å². The SMILES string of the molecule is COC(=O)c1cc(-c2cccc(C(=O)O)c2C(=O)O)ccc1C(=O)O. The molecule has 8 heteroatoms. The van der Waals surface area contributed by atoms with Crippen LogP contribution in [0.25, 0.3) is 11.1 Å². The van der Waals surface area contributed by atoms with Crippen molar-refractivity contribution in [3.05, 3.63) is 58.7 Å². The van der Waals surface area contributed by atoms with Crippen molar-refractivity contribution in [1.82, 2.24) is 0 Å². The number of hydrogen-bond donors (Lipinski definition) is 3. The zero-order valence-corrected chi connectivity index (χ0v) is 12.8. The van der Waals surface area contributed by atoms with Crippen molar-refractivity contribution in [2.75, 3.05) is 7.11 Å². The summed E-state index contributed by atoms with van der Waals surface area (Å²) in [5, 5.41) is 27.7. The number of rotatable bonds is 5. The fourth-order valence-corrected chi connectivity index (χ4v) is 2.38. The quantitative estimate of drug-likeness (QED) is 0.702. The highest BCUT2D eigenvalue weighted by molar-refractivity contribution is 6.08. The topological polar surface area (TPSA) is 138 Å². The third kappa shape index (κ3) is 3.32. The fraction of sp³-hybridized carbons (Fsp3) is 0.0588. The van der Waals surface area contributed by atoms with Crippen LogP contribution in [0.2, 0.25) is 0 Å². The molecule has 0 aliphatic carbocycles. The molecule has 0 fully saturated rings. The zero-order valence-electron chi connectivity index (χ0n) is 12.8. The predicted octanol–water partition coefficient (Wildman–Crippen LogP) is 2.23. The number of carbonyl (C=O) groups is 4. The molecule has 0 aliphatic rings. The Morgan fingerprint density at radius 1 is 0.800 bits per heavy atom. The van der Waals surface area contributed by atoms with Crippen LogP contribution in [-0.2, 0) is 4.74 Å².